The fourth-order valence-corrected chi connectivity index (χ4v) is 2.69. The number of carbonyl (C=O) groups is 1. The van der Waals surface area contributed by atoms with Gasteiger partial charge in [0.1, 0.15) is 6.04 Å². The first-order valence-electron chi connectivity index (χ1n) is 7.11. The zero-order chi connectivity index (χ0) is 13.9. The predicted molar refractivity (Wildman–Crippen MR) is 84.8 cm³/mol. The first kappa shape index (κ1) is 17.0. The summed E-state index contributed by atoms with van der Waals surface area (Å²) < 4.78 is 0. The third-order valence-electron chi connectivity index (χ3n) is 3.88. The highest BCUT2D eigenvalue weighted by Crippen LogP contribution is 2.50. The van der Waals surface area contributed by atoms with E-state index >= 15 is 0 Å². The molecule has 0 aliphatic heterocycles. The van der Waals surface area contributed by atoms with E-state index in [-0.39, 0.29) is 18.3 Å². The molecule has 20 heavy (non-hydrogen) atoms. The second kappa shape index (κ2) is 7.09. The van der Waals surface area contributed by atoms with Crippen LogP contribution >= 0.6 is 12.4 Å². The third kappa shape index (κ3) is 4.50. The minimum absolute atomic E-state index is 0. The van der Waals surface area contributed by atoms with Crippen molar-refractivity contribution in [2.45, 2.75) is 39.2 Å². The van der Waals surface area contributed by atoms with Crippen LogP contribution in [0.1, 0.15) is 44.7 Å². The molecular formula is C16H25ClN2O. The fourth-order valence-electron chi connectivity index (χ4n) is 2.69. The molecule has 2 rings (SSSR count). The Labute approximate surface area is 127 Å². The quantitative estimate of drug-likeness (QED) is 0.848. The number of carbonyl (C=O) groups excluding carboxylic acids is 1. The van der Waals surface area contributed by atoms with Crippen LogP contribution < -0.4 is 11.1 Å². The maximum atomic E-state index is 12.1. The summed E-state index contributed by atoms with van der Waals surface area (Å²) in [5.74, 6) is 0.614. The topological polar surface area (TPSA) is 55.1 Å². The van der Waals surface area contributed by atoms with Gasteiger partial charge in [0.2, 0.25) is 5.91 Å². The lowest BCUT2D eigenvalue weighted by atomic mass is 9.94. The molecule has 1 aromatic rings. The Kier molecular flexibility index (Phi) is 6.03. The molecule has 1 unspecified atom stereocenters. The highest BCUT2D eigenvalue weighted by atomic mass is 35.5. The lowest BCUT2D eigenvalue weighted by molar-refractivity contribution is -0.122. The monoisotopic (exact) mass is 296 g/mol. The normalized spacial score (nSPS) is 17.2. The van der Waals surface area contributed by atoms with Gasteiger partial charge in [-0.05, 0) is 36.2 Å². The van der Waals surface area contributed by atoms with Gasteiger partial charge in [-0.2, -0.15) is 0 Å². The molecule has 3 nitrogen and oxygen atoms in total. The predicted octanol–water partition coefficient (Wildman–Crippen LogP) is 3.05. The van der Waals surface area contributed by atoms with E-state index in [2.05, 4.69) is 19.2 Å². The Balaban J connectivity index is 0.00000200. The Bertz CT molecular complexity index is 429. The van der Waals surface area contributed by atoms with Crippen molar-refractivity contribution in [3.05, 3.63) is 35.9 Å². The van der Waals surface area contributed by atoms with Gasteiger partial charge in [-0.1, -0.05) is 44.2 Å². The van der Waals surface area contributed by atoms with Crippen molar-refractivity contribution in [2.75, 3.05) is 6.54 Å². The van der Waals surface area contributed by atoms with Crippen LogP contribution in [0, 0.1) is 11.3 Å². The minimum atomic E-state index is -0.559. The van der Waals surface area contributed by atoms with E-state index < -0.39 is 6.04 Å². The van der Waals surface area contributed by atoms with E-state index in [1.165, 1.54) is 19.3 Å². The second-order valence-corrected chi connectivity index (χ2v) is 6.20. The number of rotatable bonds is 6. The van der Waals surface area contributed by atoms with Gasteiger partial charge in [0.25, 0.3) is 0 Å². The summed E-state index contributed by atoms with van der Waals surface area (Å²) in [5.41, 5.74) is 7.19. The van der Waals surface area contributed by atoms with E-state index in [1.54, 1.807) is 0 Å². The molecule has 0 aromatic heterocycles. The SMILES string of the molecule is CC(C)CC1(CNC(=O)C(N)c2ccccc2)CC1.Cl. The number of nitrogens with one attached hydrogen (secondary N) is 1. The van der Waals surface area contributed by atoms with Crippen LogP contribution in [0.25, 0.3) is 0 Å². The van der Waals surface area contributed by atoms with Gasteiger partial charge in [0.05, 0.1) is 0 Å². The molecule has 1 saturated carbocycles. The average Bonchev–Trinajstić information content (AvgIpc) is 3.15. The van der Waals surface area contributed by atoms with Crippen LogP contribution in [0.5, 0.6) is 0 Å². The van der Waals surface area contributed by atoms with Crippen LogP contribution in [0.3, 0.4) is 0 Å². The Morgan fingerprint density at radius 1 is 1.30 bits per heavy atom. The Morgan fingerprint density at radius 2 is 1.90 bits per heavy atom. The zero-order valence-corrected chi connectivity index (χ0v) is 13.1. The van der Waals surface area contributed by atoms with Crippen molar-refractivity contribution in [3.63, 3.8) is 0 Å². The summed E-state index contributed by atoms with van der Waals surface area (Å²) in [6, 6.07) is 8.97. The molecule has 0 heterocycles. The van der Waals surface area contributed by atoms with Crippen molar-refractivity contribution in [3.8, 4) is 0 Å². The second-order valence-electron chi connectivity index (χ2n) is 6.20. The molecule has 1 aliphatic carbocycles. The third-order valence-corrected chi connectivity index (χ3v) is 3.88. The summed E-state index contributed by atoms with van der Waals surface area (Å²) in [6.07, 6.45) is 3.64. The molecule has 1 fully saturated rings. The smallest absolute Gasteiger partial charge is 0.241 e. The minimum Gasteiger partial charge on any atom is -0.354 e. The molecule has 1 atom stereocenters. The van der Waals surface area contributed by atoms with Gasteiger partial charge in [-0.15, -0.1) is 12.4 Å². The van der Waals surface area contributed by atoms with Gasteiger partial charge in [-0.3, -0.25) is 4.79 Å². The van der Waals surface area contributed by atoms with Crippen LogP contribution in [-0.2, 0) is 4.79 Å². The molecular weight excluding hydrogens is 272 g/mol. The van der Waals surface area contributed by atoms with E-state index in [1.807, 2.05) is 30.3 Å². The number of hydrogen-bond acceptors (Lipinski definition) is 2. The van der Waals surface area contributed by atoms with Crippen molar-refractivity contribution < 1.29 is 4.79 Å². The van der Waals surface area contributed by atoms with Crippen LogP contribution in [-0.4, -0.2) is 12.5 Å². The number of hydrogen-bond donors (Lipinski definition) is 2. The molecule has 3 N–H and O–H groups in total. The number of halogens is 1. The zero-order valence-electron chi connectivity index (χ0n) is 12.3. The van der Waals surface area contributed by atoms with Crippen LogP contribution in [0.4, 0.5) is 0 Å². The van der Waals surface area contributed by atoms with Crippen molar-refractivity contribution in [1.82, 2.24) is 5.32 Å². The molecule has 1 aliphatic rings. The molecule has 112 valence electrons. The highest BCUT2D eigenvalue weighted by molar-refractivity contribution is 5.85. The van der Waals surface area contributed by atoms with E-state index in [0.29, 0.717) is 11.3 Å². The number of benzene rings is 1. The molecule has 0 bridgehead atoms. The van der Waals surface area contributed by atoms with Gasteiger partial charge in [0, 0.05) is 6.54 Å². The molecule has 0 saturated heterocycles. The fraction of sp³-hybridized carbons (Fsp3) is 0.562. The van der Waals surface area contributed by atoms with Gasteiger partial charge in [0.15, 0.2) is 0 Å². The van der Waals surface area contributed by atoms with Gasteiger partial charge in [-0.25, -0.2) is 0 Å². The molecule has 0 radical (unpaired) electrons. The summed E-state index contributed by atoms with van der Waals surface area (Å²) in [7, 11) is 0. The molecule has 1 aromatic carbocycles. The van der Waals surface area contributed by atoms with E-state index in [9.17, 15) is 4.79 Å². The lowest BCUT2D eigenvalue weighted by Gasteiger charge is -2.20. The summed E-state index contributed by atoms with van der Waals surface area (Å²) >= 11 is 0. The first-order valence-corrected chi connectivity index (χ1v) is 7.11. The molecule has 0 spiro atoms. The largest absolute Gasteiger partial charge is 0.354 e. The summed E-state index contributed by atoms with van der Waals surface area (Å²) in [6.45, 7) is 5.24. The molecule has 1 amide bonds. The van der Waals surface area contributed by atoms with Crippen LogP contribution in [0.15, 0.2) is 30.3 Å². The Hall–Kier alpha value is -1.06. The summed E-state index contributed by atoms with van der Waals surface area (Å²) in [4.78, 5) is 12.1. The van der Waals surface area contributed by atoms with Gasteiger partial charge < -0.3 is 11.1 Å². The van der Waals surface area contributed by atoms with E-state index in [0.717, 1.165) is 12.1 Å². The van der Waals surface area contributed by atoms with Crippen molar-refractivity contribution >= 4 is 18.3 Å². The van der Waals surface area contributed by atoms with Crippen molar-refractivity contribution in [2.24, 2.45) is 17.1 Å². The number of nitrogens with two attached hydrogens (primary N) is 1. The molecule has 4 heteroatoms. The summed E-state index contributed by atoms with van der Waals surface area (Å²) in [5, 5.41) is 3.03. The van der Waals surface area contributed by atoms with E-state index in [4.69, 9.17) is 5.73 Å². The maximum Gasteiger partial charge on any atom is 0.241 e. The van der Waals surface area contributed by atoms with Crippen LogP contribution in [0.2, 0.25) is 0 Å². The van der Waals surface area contributed by atoms with Crippen molar-refractivity contribution in [1.29, 1.82) is 0 Å². The highest BCUT2D eigenvalue weighted by Gasteiger charge is 2.42. The lowest BCUT2D eigenvalue weighted by Crippen LogP contribution is -2.37. The van der Waals surface area contributed by atoms with Gasteiger partial charge >= 0.3 is 0 Å². The standard InChI is InChI=1S/C16H24N2O.ClH/c1-12(2)10-16(8-9-16)11-18-15(19)14(17)13-6-4-3-5-7-13;/h3-7,12,14H,8-11,17H2,1-2H3,(H,18,19);1H. The Morgan fingerprint density at radius 3 is 2.40 bits per heavy atom. The number of amides is 1. The first-order chi connectivity index (χ1) is 9.02. The average molecular weight is 297 g/mol. The maximum absolute atomic E-state index is 12.1.